The van der Waals surface area contributed by atoms with E-state index in [9.17, 15) is 4.79 Å². The Balaban J connectivity index is 1.30. The van der Waals surface area contributed by atoms with E-state index >= 15 is 0 Å². The molecule has 1 aromatic carbocycles. The number of thiophene rings is 1. The van der Waals surface area contributed by atoms with Crippen LogP contribution in [0, 0.1) is 0 Å². The summed E-state index contributed by atoms with van der Waals surface area (Å²) >= 11 is 4.52. The third kappa shape index (κ3) is 4.09. The number of carbonyl (C=O) groups is 1. The zero-order valence-electron chi connectivity index (χ0n) is 13.5. The van der Waals surface area contributed by atoms with Crippen molar-refractivity contribution in [3.05, 3.63) is 59.0 Å². The van der Waals surface area contributed by atoms with Crippen LogP contribution >= 0.6 is 34.4 Å². The number of benzene rings is 1. The van der Waals surface area contributed by atoms with Crippen LogP contribution in [0.5, 0.6) is 0 Å². The van der Waals surface area contributed by atoms with Crippen LogP contribution in [0.1, 0.15) is 5.69 Å². The third-order valence-corrected chi connectivity index (χ3v) is 6.23. The Bertz CT molecular complexity index is 1030. The molecule has 26 heavy (non-hydrogen) atoms. The number of nitrogens with zero attached hydrogens (tertiary/aromatic N) is 3. The average Bonchev–Trinajstić information content (AvgIpc) is 3.36. The number of carbonyl (C=O) groups excluding carboxylic acids is 1. The summed E-state index contributed by atoms with van der Waals surface area (Å²) in [6.07, 6.45) is 1.67. The molecule has 0 radical (unpaired) electrons. The smallest absolute Gasteiger partial charge is 0.316 e. The maximum absolute atomic E-state index is 12.0. The van der Waals surface area contributed by atoms with Crippen molar-refractivity contribution in [3.8, 4) is 9.88 Å². The maximum Gasteiger partial charge on any atom is 0.316 e. The fourth-order valence-corrected chi connectivity index (χ4v) is 4.48. The predicted molar refractivity (Wildman–Crippen MR) is 105 cm³/mol. The minimum Gasteiger partial charge on any atom is -0.459 e. The monoisotopic (exact) mass is 399 g/mol. The molecular formula is C18H13N3O2S3. The van der Waals surface area contributed by atoms with Gasteiger partial charge >= 0.3 is 5.97 Å². The van der Waals surface area contributed by atoms with E-state index in [0.29, 0.717) is 5.03 Å². The van der Waals surface area contributed by atoms with Crippen LogP contribution in [0.4, 0.5) is 0 Å². The molecule has 0 aliphatic heterocycles. The van der Waals surface area contributed by atoms with Gasteiger partial charge in [-0.25, -0.2) is 9.97 Å². The summed E-state index contributed by atoms with van der Waals surface area (Å²) in [5.41, 5.74) is 2.42. The number of ether oxygens (including phenoxy) is 1. The van der Waals surface area contributed by atoms with Gasteiger partial charge in [0.2, 0.25) is 0 Å². The lowest BCUT2D eigenvalue weighted by Gasteiger charge is -2.03. The lowest BCUT2D eigenvalue weighted by atomic mass is 10.3. The number of para-hydroxylation sites is 2. The number of rotatable bonds is 6. The average molecular weight is 400 g/mol. The first-order chi connectivity index (χ1) is 12.8. The number of hydrogen-bond acceptors (Lipinski definition) is 8. The molecule has 0 spiro atoms. The quantitative estimate of drug-likeness (QED) is 0.347. The second-order valence-electron chi connectivity index (χ2n) is 5.27. The summed E-state index contributed by atoms with van der Waals surface area (Å²) in [6.45, 7) is 0.185. The van der Waals surface area contributed by atoms with Gasteiger partial charge in [-0.15, -0.1) is 22.7 Å². The molecule has 0 atom stereocenters. The number of fused-ring (bicyclic) bond motifs is 1. The largest absolute Gasteiger partial charge is 0.459 e. The van der Waals surface area contributed by atoms with Crippen LogP contribution in [0.25, 0.3) is 20.9 Å². The highest BCUT2D eigenvalue weighted by molar-refractivity contribution is 7.99. The zero-order chi connectivity index (χ0) is 17.8. The molecule has 0 aliphatic rings. The van der Waals surface area contributed by atoms with Gasteiger partial charge in [-0.1, -0.05) is 30.0 Å². The zero-order valence-corrected chi connectivity index (χ0v) is 15.9. The van der Waals surface area contributed by atoms with E-state index in [1.807, 2.05) is 47.2 Å². The van der Waals surface area contributed by atoms with E-state index in [1.165, 1.54) is 11.8 Å². The van der Waals surface area contributed by atoms with Crippen molar-refractivity contribution < 1.29 is 9.53 Å². The fraction of sp³-hybridized carbons (Fsp3) is 0.111. The maximum atomic E-state index is 12.0. The molecule has 4 aromatic rings. The summed E-state index contributed by atoms with van der Waals surface area (Å²) in [6, 6.07) is 11.7. The Morgan fingerprint density at radius 1 is 1.08 bits per heavy atom. The second kappa shape index (κ2) is 7.94. The predicted octanol–water partition coefficient (Wildman–Crippen LogP) is 4.65. The number of hydrogen-bond donors (Lipinski definition) is 0. The molecule has 8 heteroatoms. The van der Waals surface area contributed by atoms with Crippen molar-refractivity contribution in [1.82, 2.24) is 15.0 Å². The minimum absolute atomic E-state index is 0.185. The fourth-order valence-electron chi connectivity index (χ4n) is 2.23. The molecule has 0 saturated heterocycles. The number of thioether (sulfide) groups is 1. The molecule has 0 amide bonds. The van der Waals surface area contributed by atoms with Gasteiger partial charge in [-0.05, 0) is 23.6 Å². The normalized spacial score (nSPS) is 10.9. The number of aromatic nitrogens is 3. The Morgan fingerprint density at radius 2 is 1.96 bits per heavy atom. The van der Waals surface area contributed by atoms with Crippen LogP contribution in [-0.4, -0.2) is 26.7 Å². The molecule has 0 bridgehead atoms. The lowest BCUT2D eigenvalue weighted by molar-refractivity contribution is -0.141. The van der Waals surface area contributed by atoms with Crippen LogP contribution in [-0.2, 0) is 16.1 Å². The van der Waals surface area contributed by atoms with E-state index in [4.69, 9.17) is 4.74 Å². The molecule has 0 saturated carbocycles. The standard InChI is InChI=1S/C18H13N3O2S3/c22-17(11-25-16-8-19-13-4-1-2-5-14(13)21-16)23-9-12-10-26-18(20-12)15-6-3-7-24-15/h1-8,10H,9,11H2. The van der Waals surface area contributed by atoms with E-state index in [1.54, 1.807) is 28.9 Å². The van der Waals surface area contributed by atoms with Gasteiger partial charge in [-0.2, -0.15) is 0 Å². The highest BCUT2D eigenvalue weighted by atomic mass is 32.2. The van der Waals surface area contributed by atoms with Crippen LogP contribution in [0.3, 0.4) is 0 Å². The lowest BCUT2D eigenvalue weighted by Crippen LogP contribution is -2.07. The highest BCUT2D eigenvalue weighted by Gasteiger charge is 2.10. The molecule has 3 heterocycles. The Hall–Kier alpha value is -2.29. The first kappa shape index (κ1) is 17.1. The first-order valence-corrected chi connectivity index (χ1v) is 10.5. The van der Waals surface area contributed by atoms with Crippen LogP contribution in [0.2, 0.25) is 0 Å². The Labute approximate surface area is 162 Å². The van der Waals surface area contributed by atoms with Gasteiger partial charge in [0.15, 0.2) is 0 Å². The summed E-state index contributed by atoms with van der Waals surface area (Å²) in [7, 11) is 0. The molecular weight excluding hydrogens is 386 g/mol. The highest BCUT2D eigenvalue weighted by Crippen LogP contribution is 2.28. The molecule has 0 unspecified atom stereocenters. The molecule has 3 aromatic heterocycles. The van der Waals surface area contributed by atoms with Crippen molar-refractivity contribution in [3.63, 3.8) is 0 Å². The Kier molecular flexibility index (Phi) is 5.24. The molecule has 4 rings (SSSR count). The summed E-state index contributed by atoms with van der Waals surface area (Å²) in [5.74, 6) is -0.106. The molecule has 0 fully saturated rings. The second-order valence-corrected chi connectivity index (χ2v) is 8.07. The van der Waals surface area contributed by atoms with E-state index in [0.717, 1.165) is 26.6 Å². The van der Waals surface area contributed by atoms with Gasteiger partial charge in [0.25, 0.3) is 0 Å². The van der Waals surface area contributed by atoms with Crippen molar-refractivity contribution in [2.45, 2.75) is 11.6 Å². The van der Waals surface area contributed by atoms with Gasteiger partial charge in [0, 0.05) is 5.38 Å². The summed E-state index contributed by atoms with van der Waals surface area (Å²) < 4.78 is 5.31. The minimum atomic E-state index is -0.296. The first-order valence-electron chi connectivity index (χ1n) is 7.76. The van der Waals surface area contributed by atoms with Gasteiger partial charge in [0.1, 0.15) is 16.6 Å². The molecule has 0 aliphatic carbocycles. The topological polar surface area (TPSA) is 65.0 Å². The SMILES string of the molecule is O=C(CSc1cnc2ccccc2n1)OCc1csc(-c2cccs2)n1. The van der Waals surface area contributed by atoms with E-state index in [2.05, 4.69) is 15.0 Å². The molecule has 0 N–H and O–H groups in total. The summed E-state index contributed by atoms with van der Waals surface area (Å²) in [4.78, 5) is 26.4. The summed E-state index contributed by atoms with van der Waals surface area (Å²) in [5, 5.41) is 5.59. The third-order valence-electron chi connectivity index (χ3n) is 3.43. The number of esters is 1. The van der Waals surface area contributed by atoms with Gasteiger partial charge in [-0.3, -0.25) is 9.78 Å². The van der Waals surface area contributed by atoms with E-state index in [-0.39, 0.29) is 18.3 Å². The Morgan fingerprint density at radius 3 is 2.81 bits per heavy atom. The molecule has 5 nitrogen and oxygen atoms in total. The van der Waals surface area contributed by atoms with Crippen molar-refractivity contribution in [1.29, 1.82) is 0 Å². The molecule has 130 valence electrons. The van der Waals surface area contributed by atoms with E-state index < -0.39 is 0 Å². The van der Waals surface area contributed by atoms with Crippen molar-refractivity contribution in [2.75, 3.05) is 5.75 Å². The van der Waals surface area contributed by atoms with Crippen molar-refractivity contribution >= 4 is 51.4 Å². The van der Waals surface area contributed by atoms with Gasteiger partial charge < -0.3 is 4.74 Å². The van der Waals surface area contributed by atoms with Crippen LogP contribution < -0.4 is 0 Å². The van der Waals surface area contributed by atoms with Crippen molar-refractivity contribution in [2.24, 2.45) is 0 Å². The van der Waals surface area contributed by atoms with Gasteiger partial charge in [0.05, 0.1) is 33.6 Å². The number of thiazole rings is 1. The van der Waals surface area contributed by atoms with Crippen LogP contribution in [0.15, 0.2) is 58.4 Å².